The second-order valence-corrected chi connectivity index (χ2v) is 7.37. The molecule has 0 bridgehead atoms. The van der Waals surface area contributed by atoms with Crippen molar-refractivity contribution in [3.63, 3.8) is 0 Å². The van der Waals surface area contributed by atoms with Gasteiger partial charge in [0, 0.05) is 18.2 Å². The molecule has 0 amide bonds. The van der Waals surface area contributed by atoms with E-state index in [0.717, 1.165) is 16.7 Å². The van der Waals surface area contributed by atoms with Crippen LogP contribution < -0.4 is 18.9 Å². The van der Waals surface area contributed by atoms with Crippen LogP contribution in [0.25, 0.3) is 0 Å². The van der Waals surface area contributed by atoms with Crippen LogP contribution in [0.5, 0.6) is 17.2 Å². The van der Waals surface area contributed by atoms with E-state index in [1.54, 1.807) is 13.2 Å². The highest BCUT2D eigenvalue weighted by Crippen LogP contribution is 2.34. The van der Waals surface area contributed by atoms with Crippen LogP contribution in [0.2, 0.25) is 0 Å². The van der Waals surface area contributed by atoms with Crippen molar-refractivity contribution in [1.29, 1.82) is 0 Å². The van der Waals surface area contributed by atoms with E-state index in [9.17, 15) is 8.42 Å². The van der Waals surface area contributed by atoms with Gasteiger partial charge in [-0.1, -0.05) is 6.07 Å². The van der Waals surface area contributed by atoms with Crippen molar-refractivity contribution in [2.24, 2.45) is 0 Å². The lowest BCUT2D eigenvalue weighted by Crippen LogP contribution is -2.24. The molecule has 128 valence electrons. The minimum atomic E-state index is -3.67. The normalized spacial score (nSPS) is 13.1. The Morgan fingerprint density at radius 1 is 1.12 bits per heavy atom. The predicted octanol–water partition coefficient (Wildman–Crippen LogP) is 2.52. The lowest BCUT2D eigenvalue weighted by Gasteiger charge is -2.14. The molecule has 0 radical (unpaired) electrons. The molecule has 3 rings (SSSR count). The maximum atomic E-state index is 12.5. The van der Waals surface area contributed by atoms with E-state index in [4.69, 9.17) is 14.2 Å². The third-order valence-corrected chi connectivity index (χ3v) is 5.29. The number of hydrogen-bond acceptors (Lipinski definition) is 5. The van der Waals surface area contributed by atoms with Crippen LogP contribution in [0.3, 0.4) is 0 Å². The molecule has 24 heavy (non-hydrogen) atoms. The third kappa shape index (κ3) is 3.18. The quantitative estimate of drug-likeness (QED) is 0.898. The first kappa shape index (κ1) is 16.6. The van der Waals surface area contributed by atoms with E-state index in [1.165, 1.54) is 12.1 Å². The summed E-state index contributed by atoms with van der Waals surface area (Å²) in [6.07, 6.45) is 0. The molecule has 1 aliphatic heterocycles. The predicted molar refractivity (Wildman–Crippen MR) is 89.1 cm³/mol. The van der Waals surface area contributed by atoms with E-state index in [0.29, 0.717) is 17.2 Å². The summed E-state index contributed by atoms with van der Waals surface area (Å²) in [5.74, 6) is 1.65. The lowest BCUT2D eigenvalue weighted by molar-refractivity contribution is 0.174. The number of hydrogen-bond donors (Lipinski definition) is 1. The molecular formula is C17H19NO5S. The minimum absolute atomic E-state index is 0.103. The van der Waals surface area contributed by atoms with Gasteiger partial charge in [-0.3, -0.25) is 0 Å². The van der Waals surface area contributed by atoms with Crippen LogP contribution in [0, 0.1) is 13.8 Å². The van der Waals surface area contributed by atoms with Crippen molar-refractivity contribution < 1.29 is 22.6 Å². The molecule has 0 spiro atoms. The zero-order chi connectivity index (χ0) is 17.3. The molecule has 1 N–H and O–H groups in total. The molecule has 0 aromatic heterocycles. The van der Waals surface area contributed by atoms with E-state index >= 15 is 0 Å². The smallest absolute Gasteiger partial charge is 0.241 e. The number of benzene rings is 2. The molecule has 1 aliphatic rings. The fourth-order valence-corrected chi connectivity index (χ4v) is 3.67. The Labute approximate surface area is 141 Å². The molecule has 0 aliphatic carbocycles. The summed E-state index contributed by atoms with van der Waals surface area (Å²) in [5.41, 5.74) is 2.85. The van der Waals surface area contributed by atoms with Gasteiger partial charge in [0.1, 0.15) is 5.75 Å². The second kappa shape index (κ2) is 6.33. The average molecular weight is 349 g/mol. The number of fused-ring (bicyclic) bond motifs is 1. The van der Waals surface area contributed by atoms with E-state index in [2.05, 4.69) is 4.72 Å². The number of nitrogens with one attached hydrogen (secondary N) is 1. The summed E-state index contributed by atoms with van der Waals surface area (Å²) in [4.78, 5) is 0.135. The number of ether oxygens (including phenoxy) is 3. The standard InChI is InChI=1S/C17H19NO5S/c1-11-6-12(2)14(16(7-11)21-3)9-18-24(19,20)13-4-5-15-17(8-13)23-10-22-15/h4-8,18H,9-10H2,1-3H3. The molecule has 2 aromatic rings. The average Bonchev–Trinajstić information content (AvgIpc) is 3.00. The maximum absolute atomic E-state index is 12.5. The van der Waals surface area contributed by atoms with Crippen molar-refractivity contribution in [3.05, 3.63) is 47.0 Å². The topological polar surface area (TPSA) is 73.9 Å². The second-order valence-electron chi connectivity index (χ2n) is 5.60. The summed E-state index contributed by atoms with van der Waals surface area (Å²) < 4.78 is 43.5. The molecule has 1 heterocycles. The highest BCUT2D eigenvalue weighted by molar-refractivity contribution is 7.89. The van der Waals surface area contributed by atoms with Crippen molar-refractivity contribution in [2.45, 2.75) is 25.3 Å². The minimum Gasteiger partial charge on any atom is -0.496 e. The Kier molecular flexibility index (Phi) is 4.38. The molecular weight excluding hydrogens is 330 g/mol. The monoisotopic (exact) mass is 349 g/mol. The molecule has 0 unspecified atom stereocenters. The van der Waals surface area contributed by atoms with E-state index < -0.39 is 10.0 Å². The summed E-state index contributed by atoms with van der Waals surface area (Å²) in [6, 6.07) is 8.43. The maximum Gasteiger partial charge on any atom is 0.241 e. The number of methoxy groups -OCH3 is 1. The molecule has 0 saturated carbocycles. The summed E-state index contributed by atoms with van der Waals surface area (Å²) >= 11 is 0. The van der Waals surface area contributed by atoms with Gasteiger partial charge < -0.3 is 14.2 Å². The summed E-state index contributed by atoms with van der Waals surface area (Å²) in [7, 11) is -2.10. The van der Waals surface area contributed by atoms with Gasteiger partial charge in [-0.2, -0.15) is 0 Å². The molecule has 2 aromatic carbocycles. The SMILES string of the molecule is COc1cc(C)cc(C)c1CNS(=O)(=O)c1ccc2c(c1)OCO2. The Morgan fingerprint density at radius 3 is 2.62 bits per heavy atom. The zero-order valence-corrected chi connectivity index (χ0v) is 14.6. The first-order valence-corrected chi connectivity index (χ1v) is 8.92. The van der Waals surface area contributed by atoms with Gasteiger partial charge >= 0.3 is 0 Å². The van der Waals surface area contributed by atoms with Gasteiger partial charge in [0.2, 0.25) is 16.8 Å². The Hall–Kier alpha value is -2.25. The van der Waals surface area contributed by atoms with E-state index in [1.807, 2.05) is 26.0 Å². The number of sulfonamides is 1. The summed E-state index contributed by atoms with van der Waals surface area (Å²) in [5, 5.41) is 0. The Bertz CT molecular complexity index is 877. The van der Waals surface area contributed by atoms with Crippen LogP contribution in [0.4, 0.5) is 0 Å². The van der Waals surface area contributed by atoms with Gasteiger partial charge in [0.05, 0.1) is 12.0 Å². The van der Waals surface area contributed by atoms with Crippen LogP contribution in [-0.2, 0) is 16.6 Å². The molecule has 7 heteroatoms. The Balaban J connectivity index is 1.84. The molecule has 0 atom stereocenters. The van der Waals surface area contributed by atoms with Gasteiger partial charge in [-0.15, -0.1) is 0 Å². The number of aryl methyl sites for hydroxylation is 2. The fourth-order valence-electron chi connectivity index (χ4n) is 2.66. The number of rotatable bonds is 5. The zero-order valence-electron chi connectivity index (χ0n) is 13.8. The molecule has 0 saturated heterocycles. The van der Waals surface area contributed by atoms with Crippen molar-refractivity contribution in [3.8, 4) is 17.2 Å². The highest BCUT2D eigenvalue weighted by atomic mass is 32.2. The Morgan fingerprint density at radius 2 is 1.88 bits per heavy atom. The van der Waals surface area contributed by atoms with Crippen LogP contribution >= 0.6 is 0 Å². The first-order chi connectivity index (χ1) is 11.4. The summed E-state index contributed by atoms with van der Waals surface area (Å²) in [6.45, 7) is 4.15. The van der Waals surface area contributed by atoms with Gasteiger partial charge in [-0.05, 0) is 43.2 Å². The van der Waals surface area contributed by atoms with E-state index in [-0.39, 0.29) is 18.2 Å². The largest absolute Gasteiger partial charge is 0.496 e. The van der Waals surface area contributed by atoms with Gasteiger partial charge in [-0.25, -0.2) is 13.1 Å². The first-order valence-electron chi connectivity index (χ1n) is 7.44. The van der Waals surface area contributed by atoms with Crippen LogP contribution in [-0.4, -0.2) is 22.3 Å². The van der Waals surface area contributed by atoms with Gasteiger partial charge in [0.15, 0.2) is 11.5 Å². The fraction of sp³-hybridized carbons (Fsp3) is 0.294. The van der Waals surface area contributed by atoms with Crippen LogP contribution in [0.1, 0.15) is 16.7 Å². The molecule has 6 nitrogen and oxygen atoms in total. The molecule has 0 fully saturated rings. The van der Waals surface area contributed by atoms with Gasteiger partial charge in [0.25, 0.3) is 0 Å². The third-order valence-electron chi connectivity index (χ3n) is 3.89. The van der Waals surface area contributed by atoms with Crippen molar-refractivity contribution in [2.75, 3.05) is 13.9 Å². The lowest BCUT2D eigenvalue weighted by atomic mass is 10.0. The highest BCUT2D eigenvalue weighted by Gasteiger charge is 2.21. The van der Waals surface area contributed by atoms with Crippen molar-refractivity contribution >= 4 is 10.0 Å². The van der Waals surface area contributed by atoms with Crippen LogP contribution in [0.15, 0.2) is 35.2 Å². The van der Waals surface area contributed by atoms with Crippen molar-refractivity contribution in [1.82, 2.24) is 4.72 Å².